The number of nitrogens with one attached hydrogen (secondary N) is 1. The van der Waals surface area contributed by atoms with Gasteiger partial charge in [0.05, 0.1) is 6.04 Å². The Kier molecular flexibility index (Phi) is 4.75. The summed E-state index contributed by atoms with van der Waals surface area (Å²) in [5.74, 6) is 5.78. The largest absolute Gasteiger partial charge is 0.271 e. The average molecular weight is 319 g/mol. The predicted octanol–water partition coefficient (Wildman–Crippen LogP) is 3.87. The molecule has 2 aromatic rings. The van der Waals surface area contributed by atoms with Crippen molar-refractivity contribution < 1.29 is 0 Å². The maximum atomic E-state index is 5.78. The summed E-state index contributed by atoms with van der Waals surface area (Å²) in [4.78, 5) is 0. The lowest BCUT2D eigenvalue weighted by Crippen LogP contribution is -2.29. The van der Waals surface area contributed by atoms with Crippen molar-refractivity contribution in [1.82, 2.24) is 5.43 Å². The highest BCUT2D eigenvalue weighted by Gasteiger charge is 2.15. The van der Waals surface area contributed by atoms with Gasteiger partial charge in [-0.05, 0) is 47.7 Å². The number of aryl methyl sites for hydroxylation is 2. The molecular weight excluding hydrogens is 300 g/mol. The molecule has 2 nitrogen and oxygen atoms in total. The topological polar surface area (TPSA) is 38.0 Å². The minimum Gasteiger partial charge on any atom is -0.271 e. The fourth-order valence-corrected chi connectivity index (χ4v) is 2.66. The van der Waals surface area contributed by atoms with Crippen molar-refractivity contribution in [2.45, 2.75) is 26.3 Å². The third-order valence-electron chi connectivity index (χ3n) is 3.41. The SMILES string of the molecule is CCc1cccc(C(NN)c2cc(Br)ccc2C)c1. The van der Waals surface area contributed by atoms with Gasteiger partial charge in [-0.25, -0.2) is 5.43 Å². The first kappa shape index (κ1) is 14.3. The van der Waals surface area contributed by atoms with Gasteiger partial charge in [-0.1, -0.05) is 53.2 Å². The Labute approximate surface area is 123 Å². The Balaban J connectivity index is 2.46. The molecule has 0 aliphatic carbocycles. The first-order valence-electron chi connectivity index (χ1n) is 6.46. The number of rotatable bonds is 4. The van der Waals surface area contributed by atoms with Crippen LogP contribution in [0.15, 0.2) is 46.9 Å². The summed E-state index contributed by atoms with van der Waals surface area (Å²) in [5.41, 5.74) is 7.88. The van der Waals surface area contributed by atoms with E-state index in [1.54, 1.807) is 0 Å². The van der Waals surface area contributed by atoms with Crippen molar-refractivity contribution in [3.63, 3.8) is 0 Å². The second-order valence-corrected chi connectivity index (χ2v) is 5.61. The molecule has 0 bridgehead atoms. The van der Waals surface area contributed by atoms with E-state index in [4.69, 9.17) is 5.84 Å². The van der Waals surface area contributed by atoms with Gasteiger partial charge in [0.25, 0.3) is 0 Å². The van der Waals surface area contributed by atoms with Gasteiger partial charge in [0, 0.05) is 4.47 Å². The number of hydrogen-bond donors (Lipinski definition) is 2. The molecule has 0 fully saturated rings. The maximum absolute atomic E-state index is 5.78. The van der Waals surface area contributed by atoms with Crippen LogP contribution in [-0.4, -0.2) is 0 Å². The molecule has 0 radical (unpaired) electrons. The summed E-state index contributed by atoms with van der Waals surface area (Å²) >= 11 is 3.53. The standard InChI is InChI=1S/C16H19BrN2/c1-3-12-5-4-6-13(9-12)16(19-18)15-10-14(17)8-7-11(15)2/h4-10,16,19H,3,18H2,1-2H3. The van der Waals surface area contributed by atoms with E-state index < -0.39 is 0 Å². The molecule has 1 unspecified atom stereocenters. The zero-order chi connectivity index (χ0) is 13.8. The lowest BCUT2D eigenvalue weighted by molar-refractivity contribution is 0.632. The molecule has 2 rings (SSSR count). The van der Waals surface area contributed by atoms with Crippen LogP contribution >= 0.6 is 15.9 Å². The number of hydrazine groups is 1. The van der Waals surface area contributed by atoms with Gasteiger partial charge in [0.15, 0.2) is 0 Å². The normalized spacial score (nSPS) is 12.4. The van der Waals surface area contributed by atoms with Crippen LogP contribution in [-0.2, 0) is 6.42 Å². The minimum atomic E-state index is 0.0176. The van der Waals surface area contributed by atoms with Crippen LogP contribution in [0.2, 0.25) is 0 Å². The molecule has 0 aliphatic heterocycles. The van der Waals surface area contributed by atoms with Crippen LogP contribution < -0.4 is 11.3 Å². The maximum Gasteiger partial charge on any atom is 0.0713 e. The monoisotopic (exact) mass is 318 g/mol. The van der Waals surface area contributed by atoms with Gasteiger partial charge in [-0.3, -0.25) is 5.84 Å². The summed E-state index contributed by atoms with van der Waals surface area (Å²) in [6.07, 6.45) is 1.03. The Bertz CT molecular complexity index is 566. The van der Waals surface area contributed by atoms with Gasteiger partial charge < -0.3 is 0 Å². The van der Waals surface area contributed by atoms with Crippen LogP contribution in [0.25, 0.3) is 0 Å². The molecule has 0 aliphatic rings. The third-order valence-corrected chi connectivity index (χ3v) is 3.90. The Morgan fingerprint density at radius 3 is 2.68 bits per heavy atom. The molecule has 100 valence electrons. The number of nitrogens with two attached hydrogens (primary N) is 1. The van der Waals surface area contributed by atoms with Gasteiger partial charge in [-0.2, -0.15) is 0 Å². The predicted molar refractivity (Wildman–Crippen MR) is 83.9 cm³/mol. The van der Waals surface area contributed by atoms with E-state index in [1.165, 1.54) is 22.3 Å². The molecule has 3 N–H and O–H groups in total. The van der Waals surface area contributed by atoms with E-state index >= 15 is 0 Å². The van der Waals surface area contributed by atoms with Gasteiger partial charge in [0.2, 0.25) is 0 Å². The van der Waals surface area contributed by atoms with E-state index in [-0.39, 0.29) is 6.04 Å². The highest BCUT2D eigenvalue weighted by Crippen LogP contribution is 2.27. The van der Waals surface area contributed by atoms with Gasteiger partial charge in [0.1, 0.15) is 0 Å². The molecule has 0 saturated carbocycles. The zero-order valence-corrected chi connectivity index (χ0v) is 12.9. The summed E-state index contributed by atoms with van der Waals surface area (Å²) < 4.78 is 1.07. The fraction of sp³-hybridized carbons (Fsp3) is 0.250. The molecule has 0 aromatic heterocycles. The number of benzene rings is 2. The lowest BCUT2D eigenvalue weighted by Gasteiger charge is -2.20. The van der Waals surface area contributed by atoms with Crippen LogP contribution in [0.1, 0.15) is 35.2 Å². The molecule has 0 saturated heterocycles. The molecule has 2 aromatic carbocycles. The molecule has 1 atom stereocenters. The first-order chi connectivity index (χ1) is 9.15. The highest BCUT2D eigenvalue weighted by molar-refractivity contribution is 9.10. The Morgan fingerprint density at radius 2 is 2.00 bits per heavy atom. The van der Waals surface area contributed by atoms with Crippen molar-refractivity contribution >= 4 is 15.9 Å². The number of hydrogen-bond acceptors (Lipinski definition) is 2. The van der Waals surface area contributed by atoms with Crippen LogP contribution in [0.5, 0.6) is 0 Å². The van der Waals surface area contributed by atoms with Crippen LogP contribution in [0, 0.1) is 6.92 Å². The van der Waals surface area contributed by atoms with Crippen molar-refractivity contribution in [1.29, 1.82) is 0 Å². The van der Waals surface area contributed by atoms with Gasteiger partial charge in [-0.15, -0.1) is 0 Å². The lowest BCUT2D eigenvalue weighted by atomic mass is 9.94. The summed E-state index contributed by atoms with van der Waals surface area (Å²) in [6.45, 7) is 4.27. The second kappa shape index (κ2) is 6.33. The summed E-state index contributed by atoms with van der Waals surface area (Å²) in [7, 11) is 0. The third kappa shape index (κ3) is 3.24. The van der Waals surface area contributed by atoms with Crippen LogP contribution in [0.3, 0.4) is 0 Å². The molecule has 19 heavy (non-hydrogen) atoms. The fourth-order valence-electron chi connectivity index (χ4n) is 2.28. The van der Waals surface area contributed by atoms with E-state index in [0.29, 0.717) is 0 Å². The van der Waals surface area contributed by atoms with E-state index in [1.807, 2.05) is 0 Å². The van der Waals surface area contributed by atoms with Crippen molar-refractivity contribution in [3.05, 3.63) is 69.2 Å². The molecule has 3 heteroatoms. The first-order valence-corrected chi connectivity index (χ1v) is 7.26. The van der Waals surface area contributed by atoms with Crippen molar-refractivity contribution in [2.24, 2.45) is 5.84 Å². The Hall–Kier alpha value is -1.16. The van der Waals surface area contributed by atoms with E-state index in [0.717, 1.165) is 10.9 Å². The van der Waals surface area contributed by atoms with E-state index in [2.05, 4.69) is 77.7 Å². The second-order valence-electron chi connectivity index (χ2n) is 4.70. The van der Waals surface area contributed by atoms with Gasteiger partial charge >= 0.3 is 0 Å². The molecular formula is C16H19BrN2. The quantitative estimate of drug-likeness (QED) is 0.663. The molecule has 0 amide bonds. The Morgan fingerprint density at radius 1 is 1.21 bits per heavy atom. The van der Waals surface area contributed by atoms with Crippen molar-refractivity contribution in [2.75, 3.05) is 0 Å². The van der Waals surface area contributed by atoms with Crippen LogP contribution in [0.4, 0.5) is 0 Å². The van der Waals surface area contributed by atoms with E-state index in [9.17, 15) is 0 Å². The number of halogens is 1. The highest BCUT2D eigenvalue weighted by atomic mass is 79.9. The molecule has 0 spiro atoms. The smallest absolute Gasteiger partial charge is 0.0713 e. The van der Waals surface area contributed by atoms with Crippen molar-refractivity contribution in [3.8, 4) is 0 Å². The minimum absolute atomic E-state index is 0.0176. The average Bonchev–Trinajstić information content (AvgIpc) is 2.44. The summed E-state index contributed by atoms with van der Waals surface area (Å²) in [6, 6.07) is 14.9. The molecule has 0 heterocycles. The summed E-state index contributed by atoms with van der Waals surface area (Å²) in [5, 5.41) is 0. The zero-order valence-electron chi connectivity index (χ0n) is 11.3.